The molecule has 0 aromatic carbocycles. The fourth-order valence-electron chi connectivity index (χ4n) is 5.73. The molecular weight excluding hydrogens is 468 g/mol. The monoisotopic (exact) mass is 537 g/mol. The zero-order valence-electron chi connectivity index (χ0n) is 26.2. The van der Waals surface area contributed by atoms with E-state index in [9.17, 15) is 4.79 Å². The van der Waals surface area contributed by atoms with Gasteiger partial charge in [0.15, 0.2) is 0 Å². The highest BCUT2D eigenvalue weighted by Crippen LogP contribution is 2.15. The lowest BCUT2D eigenvalue weighted by Gasteiger charge is -2.20. The molecule has 1 aliphatic rings. The molecule has 2 N–H and O–H groups in total. The Morgan fingerprint density at radius 1 is 0.605 bits per heavy atom. The van der Waals surface area contributed by atoms with Gasteiger partial charge < -0.3 is 20.4 Å². The third kappa shape index (κ3) is 23.3. The quantitative estimate of drug-likeness (QED) is 0.189. The van der Waals surface area contributed by atoms with E-state index in [-0.39, 0.29) is 5.91 Å². The third-order valence-electron chi connectivity index (χ3n) is 8.36. The summed E-state index contributed by atoms with van der Waals surface area (Å²) in [5.74, 6) is 0.225. The van der Waals surface area contributed by atoms with Gasteiger partial charge in [0.1, 0.15) is 0 Å². The molecule has 1 fully saturated rings. The maximum Gasteiger partial charge on any atom is 0.221 e. The van der Waals surface area contributed by atoms with Crippen LogP contribution < -0.4 is 10.6 Å². The number of carbonyl (C=O) groups is 1. The van der Waals surface area contributed by atoms with Gasteiger partial charge in [-0.1, -0.05) is 110 Å². The zero-order valence-corrected chi connectivity index (χ0v) is 26.2. The molecule has 226 valence electrons. The van der Waals surface area contributed by atoms with Gasteiger partial charge in [0.25, 0.3) is 0 Å². The molecule has 0 aliphatic carbocycles. The maximum atomic E-state index is 12.6. The van der Waals surface area contributed by atoms with Crippen LogP contribution in [0.1, 0.15) is 148 Å². The third-order valence-corrected chi connectivity index (χ3v) is 8.36. The summed E-state index contributed by atoms with van der Waals surface area (Å²) in [6, 6.07) is 0.324. The minimum absolute atomic E-state index is 0.225. The molecule has 5 heteroatoms. The Labute approximate surface area is 238 Å². The van der Waals surface area contributed by atoms with E-state index in [4.69, 9.17) is 0 Å². The molecule has 0 bridgehead atoms. The number of amides is 1. The predicted molar refractivity (Wildman–Crippen MR) is 167 cm³/mol. The highest BCUT2D eigenvalue weighted by atomic mass is 16.1. The topological polar surface area (TPSA) is 47.6 Å². The molecule has 0 aromatic rings. The molecule has 1 aliphatic heterocycles. The summed E-state index contributed by atoms with van der Waals surface area (Å²) in [5.41, 5.74) is 0. The van der Waals surface area contributed by atoms with Gasteiger partial charge in [-0.05, 0) is 78.9 Å². The first-order chi connectivity index (χ1) is 18.6. The van der Waals surface area contributed by atoms with Gasteiger partial charge in [-0.2, -0.15) is 0 Å². The van der Waals surface area contributed by atoms with Crippen molar-refractivity contribution in [3.63, 3.8) is 0 Å². The lowest BCUT2D eigenvalue weighted by Crippen LogP contribution is -2.37. The summed E-state index contributed by atoms with van der Waals surface area (Å²) in [6.07, 6.45) is 29.0. The van der Waals surface area contributed by atoms with Crippen LogP contribution in [0.4, 0.5) is 0 Å². The van der Waals surface area contributed by atoms with E-state index >= 15 is 0 Å². The molecule has 1 heterocycles. The van der Waals surface area contributed by atoms with Gasteiger partial charge in [0.05, 0.1) is 0 Å². The van der Waals surface area contributed by atoms with Gasteiger partial charge in [0, 0.05) is 19.0 Å². The normalized spacial score (nSPS) is 20.3. The molecule has 0 radical (unpaired) electrons. The van der Waals surface area contributed by atoms with Crippen LogP contribution in [0.2, 0.25) is 0 Å². The Morgan fingerprint density at radius 2 is 1.03 bits per heavy atom. The van der Waals surface area contributed by atoms with Crippen molar-refractivity contribution >= 4 is 5.91 Å². The number of unbranched alkanes of at least 4 members (excludes halogenated alkanes) is 15. The van der Waals surface area contributed by atoms with Crippen LogP contribution in [0.5, 0.6) is 0 Å². The van der Waals surface area contributed by atoms with Crippen LogP contribution >= 0.6 is 0 Å². The summed E-state index contributed by atoms with van der Waals surface area (Å²) < 4.78 is 0. The Bertz CT molecular complexity index is 515. The minimum Gasteiger partial charge on any atom is -0.356 e. The first kappa shape index (κ1) is 35.4. The van der Waals surface area contributed by atoms with E-state index < -0.39 is 0 Å². The van der Waals surface area contributed by atoms with Crippen LogP contribution in [0.25, 0.3) is 0 Å². The van der Waals surface area contributed by atoms with E-state index in [0.717, 1.165) is 52.0 Å². The average molecular weight is 537 g/mol. The second-order valence-corrected chi connectivity index (χ2v) is 12.3. The van der Waals surface area contributed by atoms with Crippen LogP contribution in [-0.4, -0.2) is 75.1 Å². The summed E-state index contributed by atoms with van der Waals surface area (Å²) in [6.45, 7) is 8.67. The summed E-state index contributed by atoms with van der Waals surface area (Å²) in [4.78, 5) is 17.5. The van der Waals surface area contributed by atoms with Crippen molar-refractivity contribution < 1.29 is 4.79 Å². The average Bonchev–Trinajstić information content (AvgIpc) is 2.90. The molecule has 0 spiro atoms. The van der Waals surface area contributed by atoms with Crippen molar-refractivity contribution in [3.05, 3.63) is 0 Å². The van der Waals surface area contributed by atoms with Gasteiger partial charge >= 0.3 is 0 Å². The van der Waals surface area contributed by atoms with Crippen molar-refractivity contribution in [2.24, 2.45) is 0 Å². The Balaban J connectivity index is 2.12. The first-order valence-corrected chi connectivity index (χ1v) is 17.0. The van der Waals surface area contributed by atoms with E-state index in [2.05, 4.69) is 41.5 Å². The first-order valence-electron chi connectivity index (χ1n) is 17.0. The lowest BCUT2D eigenvalue weighted by atomic mass is 10.0. The molecule has 0 saturated carbocycles. The number of hydrogen-bond acceptors (Lipinski definition) is 4. The van der Waals surface area contributed by atoms with E-state index in [0.29, 0.717) is 12.5 Å². The SMILES string of the molecule is CCCCCCCCCCCCCCCCCCC1CC(=O)NCCCN(C)CCCCN(C)CCCN1. The van der Waals surface area contributed by atoms with Crippen molar-refractivity contribution in [1.29, 1.82) is 0 Å². The molecule has 5 nitrogen and oxygen atoms in total. The fourth-order valence-corrected chi connectivity index (χ4v) is 5.73. The maximum absolute atomic E-state index is 12.6. The van der Waals surface area contributed by atoms with E-state index in [1.807, 2.05) is 0 Å². The van der Waals surface area contributed by atoms with Gasteiger partial charge in [-0.25, -0.2) is 0 Å². The summed E-state index contributed by atoms with van der Waals surface area (Å²) in [7, 11) is 4.46. The van der Waals surface area contributed by atoms with E-state index in [1.165, 1.54) is 122 Å². The Hall–Kier alpha value is -0.650. The predicted octanol–water partition coefficient (Wildman–Crippen LogP) is 7.54. The molecule has 38 heavy (non-hydrogen) atoms. The largest absolute Gasteiger partial charge is 0.356 e. The molecule has 1 rings (SSSR count). The minimum atomic E-state index is 0.225. The van der Waals surface area contributed by atoms with Crippen molar-refractivity contribution in [2.75, 3.05) is 53.4 Å². The van der Waals surface area contributed by atoms with Crippen molar-refractivity contribution in [3.8, 4) is 0 Å². The second-order valence-electron chi connectivity index (χ2n) is 12.3. The molecule has 1 atom stereocenters. The van der Waals surface area contributed by atoms with Crippen molar-refractivity contribution in [1.82, 2.24) is 20.4 Å². The van der Waals surface area contributed by atoms with Gasteiger partial charge in [0.2, 0.25) is 5.91 Å². The lowest BCUT2D eigenvalue weighted by molar-refractivity contribution is -0.121. The van der Waals surface area contributed by atoms with Crippen molar-refractivity contribution in [2.45, 2.75) is 154 Å². The number of carbonyl (C=O) groups excluding carboxylic acids is 1. The van der Waals surface area contributed by atoms with Crippen LogP contribution in [0.15, 0.2) is 0 Å². The summed E-state index contributed by atoms with van der Waals surface area (Å²) in [5, 5.41) is 6.91. The Kier molecular flexibility index (Phi) is 24.7. The van der Waals surface area contributed by atoms with Gasteiger partial charge in [-0.3, -0.25) is 4.79 Å². The number of nitrogens with one attached hydrogen (secondary N) is 2. The summed E-state index contributed by atoms with van der Waals surface area (Å²) >= 11 is 0. The highest BCUT2D eigenvalue weighted by molar-refractivity contribution is 5.76. The Morgan fingerprint density at radius 3 is 1.53 bits per heavy atom. The van der Waals surface area contributed by atoms with Crippen LogP contribution in [0, 0.1) is 0 Å². The standard InChI is InChI=1S/C33H68N4O/c1-4-5-6-7-8-9-10-11-12-13-14-15-16-17-18-19-24-32-31-33(38)35-26-23-30-37(3)28-21-20-27-36(2)29-22-25-34-32/h32,34H,4-31H2,1-3H3,(H,35,38). The molecule has 1 amide bonds. The number of hydrogen-bond donors (Lipinski definition) is 2. The highest BCUT2D eigenvalue weighted by Gasteiger charge is 2.13. The second kappa shape index (κ2) is 26.6. The molecule has 1 unspecified atom stereocenters. The zero-order chi connectivity index (χ0) is 27.5. The van der Waals surface area contributed by atoms with Crippen LogP contribution in [0.3, 0.4) is 0 Å². The number of nitrogens with zero attached hydrogens (tertiary/aromatic N) is 2. The van der Waals surface area contributed by atoms with Crippen LogP contribution in [-0.2, 0) is 4.79 Å². The van der Waals surface area contributed by atoms with Gasteiger partial charge in [-0.15, -0.1) is 0 Å². The molecule has 0 aromatic heterocycles. The number of rotatable bonds is 17. The molecular formula is C33H68N4O. The fraction of sp³-hybridized carbons (Fsp3) is 0.970. The van der Waals surface area contributed by atoms with E-state index in [1.54, 1.807) is 0 Å². The smallest absolute Gasteiger partial charge is 0.221 e. The molecule has 1 saturated heterocycles.